The van der Waals surface area contributed by atoms with Crippen LogP contribution >= 0.6 is 12.4 Å². The molecule has 0 aliphatic heterocycles. The van der Waals surface area contributed by atoms with Crippen LogP contribution < -0.4 is 11.5 Å². The number of nitrogens with two attached hydrogens (primary N) is 2. The van der Waals surface area contributed by atoms with Gasteiger partial charge in [-0.15, -0.1) is 19.0 Å². The van der Waals surface area contributed by atoms with E-state index in [1.807, 2.05) is 30.3 Å². The van der Waals surface area contributed by atoms with Gasteiger partial charge in [-0.1, -0.05) is 36.4 Å². The molecule has 0 heterocycles. The summed E-state index contributed by atoms with van der Waals surface area (Å²) in [4.78, 5) is 5.45. The Labute approximate surface area is 113 Å². The number of nitrogens with one attached hydrogen (secondary N) is 1. The van der Waals surface area contributed by atoms with Crippen LogP contribution in [0.15, 0.2) is 48.0 Å². The first-order valence-corrected chi connectivity index (χ1v) is 5.21. The number of hydrogen-bond donors (Lipinski definition) is 3. The second-order valence-electron chi connectivity index (χ2n) is 3.52. The Morgan fingerprint density at radius 3 is 2.44 bits per heavy atom. The lowest BCUT2D eigenvalue weighted by Crippen LogP contribution is -2.33. The Balaban J connectivity index is 0.00000289. The van der Waals surface area contributed by atoms with Crippen LogP contribution in [0.2, 0.25) is 0 Å². The SMILES string of the molecule is C=CCN(Cc1ccccc1)C(=N)N=C(N)N.Cl. The highest BCUT2D eigenvalue weighted by Crippen LogP contribution is 2.05. The molecule has 0 atom stereocenters. The third-order valence-electron chi connectivity index (χ3n) is 2.10. The summed E-state index contributed by atoms with van der Waals surface area (Å²) < 4.78 is 0. The van der Waals surface area contributed by atoms with Gasteiger partial charge in [0.15, 0.2) is 5.96 Å². The van der Waals surface area contributed by atoms with E-state index in [-0.39, 0.29) is 24.3 Å². The maximum absolute atomic E-state index is 7.76. The summed E-state index contributed by atoms with van der Waals surface area (Å²) in [6, 6.07) is 9.82. The number of hydrogen-bond acceptors (Lipinski definition) is 1. The van der Waals surface area contributed by atoms with Gasteiger partial charge in [-0.25, -0.2) is 0 Å². The molecule has 0 bridgehead atoms. The maximum Gasteiger partial charge on any atom is 0.221 e. The smallest absolute Gasteiger partial charge is 0.221 e. The predicted octanol–water partition coefficient (Wildman–Crippen LogP) is 1.30. The molecule has 0 aliphatic rings. The molecule has 0 aliphatic carbocycles. The van der Waals surface area contributed by atoms with Crippen LogP contribution in [0.4, 0.5) is 0 Å². The maximum atomic E-state index is 7.76. The lowest BCUT2D eigenvalue weighted by atomic mass is 10.2. The van der Waals surface area contributed by atoms with Crippen molar-refractivity contribution in [1.29, 1.82) is 5.41 Å². The van der Waals surface area contributed by atoms with Crippen LogP contribution in [0.1, 0.15) is 5.56 Å². The van der Waals surface area contributed by atoms with E-state index in [0.29, 0.717) is 13.1 Å². The summed E-state index contributed by atoms with van der Waals surface area (Å²) >= 11 is 0. The lowest BCUT2D eigenvalue weighted by molar-refractivity contribution is 0.448. The summed E-state index contributed by atoms with van der Waals surface area (Å²) in [7, 11) is 0. The quantitative estimate of drug-likeness (QED) is 0.436. The van der Waals surface area contributed by atoms with E-state index < -0.39 is 0 Å². The van der Waals surface area contributed by atoms with Crippen molar-refractivity contribution in [1.82, 2.24) is 4.90 Å². The molecule has 6 heteroatoms. The van der Waals surface area contributed by atoms with Crippen molar-refractivity contribution in [3.05, 3.63) is 48.6 Å². The second-order valence-corrected chi connectivity index (χ2v) is 3.52. The Kier molecular flexibility index (Phi) is 7.23. The molecule has 1 rings (SSSR count). The lowest BCUT2D eigenvalue weighted by Gasteiger charge is -2.21. The van der Waals surface area contributed by atoms with Crippen LogP contribution in [-0.2, 0) is 6.54 Å². The van der Waals surface area contributed by atoms with E-state index >= 15 is 0 Å². The molecule has 18 heavy (non-hydrogen) atoms. The fourth-order valence-corrected chi connectivity index (χ4v) is 1.38. The Hall–Kier alpha value is -2.01. The van der Waals surface area contributed by atoms with E-state index in [1.165, 1.54) is 0 Å². The van der Waals surface area contributed by atoms with Gasteiger partial charge in [0.05, 0.1) is 0 Å². The Morgan fingerprint density at radius 2 is 1.94 bits per heavy atom. The number of nitrogens with zero attached hydrogens (tertiary/aromatic N) is 2. The molecule has 1 aromatic rings. The summed E-state index contributed by atoms with van der Waals surface area (Å²) in [5.41, 5.74) is 11.6. The van der Waals surface area contributed by atoms with E-state index in [9.17, 15) is 0 Å². The molecule has 0 radical (unpaired) electrons. The second kappa shape index (κ2) is 8.14. The van der Waals surface area contributed by atoms with Crippen molar-refractivity contribution in [2.24, 2.45) is 16.5 Å². The zero-order valence-corrected chi connectivity index (χ0v) is 10.9. The largest absolute Gasteiger partial charge is 0.370 e. The Bertz CT molecular complexity index is 412. The van der Waals surface area contributed by atoms with Crippen LogP contribution in [0.3, 0.4) is 0 Å². The van der Waals surface area contributed by atoms with Gasteiger partial charge in [0.25, 0.3) is 0 Å². The van der Waals surface area contributed by atoms with Gasteiger partial charge in [-0.05, 0) is 5.56 Å². The molecule has 0 spiro atoms. The van der Waals surface area contributed by atoms with Gasteiger partial charge in [0, 0.05) is 13.1 Å². The van der Waals surface area contributed by atoms with E-state index in [1.54, 1.807) is 11.0 Å². The average Bonchev–Trinajstić information content (AvgIpc) is 2.29. The summed E-state index contributed by atoms with van der Waals surface area (Å²) in [5.74, 6) is -0.0779. The van der Waals surface area contributed by atoms with E-state index in [0.717, 1.165) is 5.56 Å². The van der Waals surface area contributed by atoms with Gasteiger partial charge in [-0.3, -0.25) is 5.41 Å². The van der Waals surface area contributed by atoms with Gasteiger partial charge in [0.2, 0.25) is 5.96 Å². The number of aliphatic imine (C=N–C) groups is 1. The van der Waals surface area contributed by atoms with Crippen LogP contribution in [-0.4, -0.2) is 23.4 Å². The third kappa shape index (κ3) is 5.36. The predicted molar refractivity (Wildman–Crippen MR) is 77.8 cm³/mol. The molecule has 5 N–H and O–H groups in total. The van der Waals surface area contributed by atoms with Crippen molar-refractivity contribution in [2.45, 2.75) is 6.54 Å². The van der Waals surface area contributed by atoms with Crippen molar-refractivity contribution in [3.8, 4) is 0 Å². The molecule has 98 valence electrons. The van der Waals surface area contributed by atoms with Crippen molar-refractivity contribution in [3.63, 3.8) is 0 Å². The molecule has 0 saturated carbocycles. The monoisotopic (exact) mass is 267 g/mol. The fourth-order valence-electron chi connectivity index (χ4n) is 1.38. The molecular weight excluding hydrogens is 250 g/mol. The van der Waals surface area contributed by atoms with Crippen molar-refractivity contribution < 1.29 is 0 Å². The minimum absolute atomic E-state index is 0. The topological polar surface area (TPSA) is 91.5 Å². The average molecular weight is 268 g/mol. The number of halogens is 1. The van der Waals surface area contributed by atoms with Crippen LogP contribution in [0.5, 0.6) is 0 Å². The minimum Gasteiger partial charge on any atom is -0.370 e. The molecular formula is C12H18ClN5. The molecule has 0 unspecified atom stereocenters. The zero-order valence-electron chi connectivity index (χ0n) is 10.0. The Morgan fingerprint density at radius 1 is 1.33 bits per heavy atom. The highest BCUT2D eigenvalue weighted by molar-refractivity contribution is 5.91. The highest BCUT2D eigenvalue weighted by atomic mass is 35.5. The van der Waals surface area contributed by atoms with Crippen LogP contribution in [0.25, 0.3) is 0 Å². The first kappa shape index (κ1) is 16.0. The molecule has 5 nitrogen and oxygen atoms in total. The highest BCUT2D eigenvalue weighted by Gasteiger charge is 2.08. The molecule has 0 aromatic heterocycles. The van der Waals surface area contributed by atoms with Gasteiger partial charge in [0.1, 0.15) is 0 Å². The van der Waals surface area contributed by atoms with Crippen molar-refractivity contribution >= 4 is 24.3 Å². The van der Waals surface area contributed by atoms with E-state index in [2.05, 4.69) is 11.6 Å². The summed E-state index contributed by atoms with van der Waals surface area (Å²) in [6.07, 6.45) is 1.71. The van der Waals surface area contributed by atoms with Gasteiger partial charge in [-0.2, -0.15) is 4.99 Å². The molecule has 0 amide bonds. The van der Waals surface area contributed by atoms with Gasteiger partial charge >= 0.3 is 0 Å². The fraction of sp³-hybridized carbons (Fsp3) is 0.167. The third-order valence-corrected chi connectivity index (χ3v) is 2.10. The minimum atomic E-state index is -0.114. The number of rotatable bonds is 4. The first-order chi connectivity index (χ1) is 8.13. The standard InChI is InChI=1S/C12H17N5.ClH/c1-2-8-17(12(15)16-11(13)14)9-10-6-4-3-5-7-10;/h2-7H,1,8-9H2,(H5,13,14,15,16);1H. The van der Waals surface area contributed by atoms with Gasteiger partial charge < -0.3 is 16.4 Å². The van der Waals surface area contributed by atoms with E-state index in [4.69, 9.17) is 16.9 Å². The summed E-state index contributed by atoms with van der Waals surface area (Å²) in [5, 5.41) is 7.76. The van der Waals surface area contributed by atoms with Crippen molar-refractivity contribution in [2.75, 3.05) is 6.54 Å². The van der Waals surface area contributed by atoms with Crippen LogP contribution in [0, 0.1) is 5.41 Å². The normalized spacial score (nSPS) is 8.89. The number of benzene rings is 1. The molecule has 0 saturated heterocycles. The molecule has 1 aromatic carbocycles. The number of guanidine groups is 2. The zero-order chi connectivity index (χ0) is 12.7. The molecule has 0 fully saturated rings. The summed E-state index contributed by atoms with van der Waals surface area (Å²) in [6.45, 7) is 4.74. The first-order valence-electron chi connectivity index (χ1n) is 5.21.